The predicted octanol–water partition coefficient (Wildman–Crippen LogP) is 5.79. The van der Waals surface area contributed by atoms with Crippen LogP contribution in [0, 0.1) is 0 Å². The molecule has 0 fully saturated rings. The molecule has 0 saturated heterocycles. The maximum atomic E-state index is 11.2. The minimum absolute atomic E-state index is 0. The number of carbonyl (C=O) groups is 1. The Kier molecular flexibility index (Phi) is 14.4. The fourth-order valence-corrected chi connectivity index (χ4v) is 3.73. The molecule has 2 unspecified atom stereocenters. The quantitative estimate of drug-likeness (QED) is 0.285. The van der Waals surface area contributed by atoms with Crippen molar-refractivity contribution in [3.05, 3.63) is 101 Å². The normalized spacial score (nSPS) is 12.0. The van der Waals surface area contributed by atoms with Gasteiger partial charge in [0, 0.05) is 30.2 Å². The summed E-state index contributed by atoms with van der Waals surface area (Å²) in [6.07, 6.45) is 0.873. The third-order valence-electron chi connectivity index (χ3n) is 5.37. The summed E-state index contributed by atoms with van der Waals surface area (Å²) >= 11 is 6.25. The van der Waals surface area contributed by atoms with E-state index in [1.165, 1.54) is 18.2 Å². The summed E-state index contributed by atoms with van der Waals surface area (Å²) in [5.41, 5.74) is 3.59. The van der Waals surface area contributed by atoms with Crippen LogP contribution >= 0.6 is 36.4 Å². The lowest BCUT2D eigenvalue weighted by Gasteiger charge is -2.23. The van der Waals surface area contributed by atoms with E-state index in [1.807, 2.05) is 48.5 Å². The number of methoxy groups -OCH3 is 1. The average molecular weight is 540 g/mol. The second-order valence-corrected chi connectivity index (χ2v) is 8.43. The van der Waals surface area contributed by atoms with Crippen molar-refractivity contribution in [2.45, 2.75) is 32.0 Å². The van der Waals surface area contributed by atoms with Crippen LogP contribution in [0.5, 0.6) is 5.75 Å². The van der Waals surface area contributed by atoms with Gasteiger partial charge in [-0.05, 0) is 54.3 Å². The molecule has 3 aromatic rings. The highest BCUT2D eigenvalue weighted by molar-refractivity contribution is 6.30. The summed E-state index contributed by atoms with van der Waals surface area (Å²) in [5, 5.41) is 8.05. The van der Waals surface area contributed by atoms with Crippen LogP contribution in [-0.4, -0.2) is 32.3 Å². The first-order valence-corrected chi connectivity index (χ1v) is 11.5. The van der Waals surface area contributed by atoms with Crippen molar-refractivity contribution < 1.29 is 14.3 Å². The molecular formula is C27H33Cl3N2O3. The van der Waals surface area contributed by atoms with Gasteiger partial charge in [0.15, 0.2) is 6.61 Å². The van der Waals surface area contributed by atoms with Crippen molar-refractivity contribution in [1.82, 2.24) is 10.6 Å². The molecule has 35 heavy (non-hydrogen) atoms. The van der Waals surface area contributed by atoms with Gasteiger partial charge in [-0.1, -0.05) is 66.2 Å². The highest BCUT2D eigenvalue weighted by Crippen LogP contribution is 2.19. The minimum atomic E-state index is -0.396. The third-order valence-corrected chi connectivity index (χ3v) is 5.60. The zero-order valence-corrected chi connectivity index (χ0v) is 22.3. The molecule has 5 nitrogen and oxygen atoms in total. The van der Waals surface area contributed by atoms with Gasteiger partial charge >= 0.3 is 5.97 Å². The number of ether oxygens (including phenoxy) is 2. The van der Waals surface area contributed by atoms with E-state index in [2.05, 4.69) is 52.6 Å². The molecule has 0 heterocycles. The number of benzene rings is 3. The van der Waals surface area contributed by atoms with Crippen molar-refractivity contribution in [3.8, 4) is 5.75 Å². The Hall–Kier alpha value is -2.28. The third kappa shape index (κ3) is 10.9. The van der Waals surface area contributed by atoms with E-state index in [9.17, 15) is 4.79 Å². The van der Waals surface area contributed by atoms with E-state index in [0.29, 0.717) is 5.75 Å². The van der Waals surface area contributed by atoms with E-state index in [1.54, 1.807) is 0 Å². The predicted molar refractivity (Wildman–Crippen MR) is 147 cm³/mol. The van der Waals surface area contributed by atoms with Crippen molar-refractivity contribution >= 4 is 42.4 Å². The molecule has 0 amide bonds. The lowest BCUT2D eigenvalue weighted by atomic mass is 10.0. The van der Waals surface area contributed by atoms with Gasteiger partial charge in [0.2, 0.25) is 0 Å². The molecule has 2 N–H and O–H groups in total. The zero-order valence-electron chi connectivity index (χ0n) is 19.9. The molecule has 0 aliphatic rings. The number of carbonyl (C=O) groups excluding carboxylic acids is 1. The first-order valence-electron chi connectivity index (χ1n) is 11.1. The summed E-state index contributed by atoms with van der Waals surface area (Å²) in [5.74, 6) is 0.253. The van der Waals surface area contributed by atoms with Gasteiger partial charge in [-0.3, -0.25) is 0 Å². The van der Waals surface area contributed by atoms with Crippen molar-refractivity contribution in [2.75, 3.05) is 20.3 Å². The Labute approximate surface area is 225 Å². The summed E-state index contributed by atoms with van der Waals surface area (Å²) in [6, 6.07) is 26.6. The molecular weight excluding hydrogens is 507 g/mol. The molecule has 0 aromatic heterocycles. The van der Waals surface area contributed by atoms with E-state index in [4.69, 9.17) is 16.3 Å². The smallest absolute Gasteiger partial charge is 0.343 e. The first kappa shape index (κ1) is 30.8. The topological polar surface area (TPSA) is 59.6 Å². The van der Waals surface area contributed by atoms with Crippen molar-refractivity contribution in [1.29, 1.82) is 0 Å². The van der Waals surface area contributed by atoms with Crippen molar-refractivity contribution in [3.63, 3.8) is 0 Å². The highest BCUT2D eigenvalue weighted by atomic mass is 35.5. The van der Waals surface area contributed by atoms with Gasteiger partial charge in [-0.15, -0.1) is 24.8 Å². The molecule has 0 spiro atoms. The summed E-state index contributed by atoms with van der Waals surface area (Å²) in [6.45, 7) is 3.64. The van der Waals surface area contributed by atoms with Crippen LogP contribution in [-0.2, 0) is 22.5 Å². The molecule has 0 saturated carbocycles. The lowest BCUT2D eigenvalue weighted by Crippen LogP contribution is -2.37. The van der Waals surface area contributed by atoms with Crippen LogP contribution in [0.4, 0.5) is 0 Å². The Morgan fingerprint density at radius 2 is 1.63 bits per heavy atom. The summed E-state index contributed by atoms with van der Waals surface area (Å²) in [4.78, 5) is 11.2. The van der Waals surface area contributed by atoms with E-state index in [-0.39, 0.29) is 43.5 Å². The van der Waals surface area contributed by atoms with E-state index < -0.39 is 5.97 Å². The number of hydrogen-bond donors (Lipinski definition) is 2. The van der Waals surface area contributed by atoms with Crippen LogP contribution in [0.1, 0.15) is 29.7 Å². The molecule has 0 aliphatic carbocycles. The molecule has 0 aliphatic heterocycles. The van der Waals surface area contributed by atoms with Gasteiger partial charge in [-0.2, -0.15) is 0 Å². The van der Waals surface area contributed by atoms with Gasteiger partial charge in [0.1, 0.15) is 5.75 Å². The number of hydrogen-bond acceptors (Lipinski definition) is 5. The first-order chi connectivity index (χ1) is 16.0. The van der Waals surface area contributed by atoms with Crippen LogP contribution in [0.25, 0.3) is 0 Å². The highest BCUT2D eigenvalue weighted by Gasteiger charge is 2.14. The van der Waals surface area contributed by atoms with E-state index >= 15 is 0 Å². The zero-order chi connectivity index (χ0) is 23.5. The Morgan fingerprint density at radius 3 is 2.29 bits per heavy atom. The van der Waals surface area contributed by atoms with Crippen LogP contribution in [0.3, 0.4) is 0 Å². The maximum absolute atomic E-state index is 11.2. The van der Waals surface area contributed by atoms with Crippen LogP contribution in [0.2, 0.25) is 5.02 Å². The maximum Gasteiger partial charge on any atom is 0.343 e. The molecule has 3 aromatic carbocycles. The second-order valence-electron chi connectivity index (χ2n) is 8.00. The van der Waals surface area contributed by atoms with Crippen LogP contribution in [0.15, 0.2) is 78.9 Å². The van der Waals surface area contributed by atoms with Crippen LogP contribution < -0.4 is 15.4 Å². The molecule has 0 radical (unpaired) electrons. The monoisotopic (exact) mass is 538 g/mol. The number of nitrogens with one attached hydrogen (secondary N) is 2. The number of halogens is 3. The van der Waals surface area contributed by atoms with Gasteiger partial charge in [-0.25, -0.2) is 4.79 Å². The Bertz CT molecular complexity index is 1000. The average Bonchev–Trinajstić information content (AvgIpc) is 2.84. The van der Waals surface area contributed by atoms with Gasteiger partial charge < -0.3 is 20.1 Å². The summed E-state index contributed by atoms with van der Waals surface area (Å²) < 4.78 is 10.0. The molecule has 190 valence electrons. The standard InChI is InChI=1S/C27H31ClN2O3.2ClH/c1-20(15-21-11-13-25(14-12-21)33-19-27(31)32-2)29-18-26(23-9-6-10-24(28)16-23)30-17-22-7-4-3-5-8-22;;/h3-14,16,20,26,29-30H,15,17-19H2,1-2H3;2*1H. The lowest BCUT2D eigenvalue weighted by molar-refractivity contribution is -0.142. The Balaban J connectivity index is 0.00000306. The number of rotatable bonds is 12. The summed E-state index contributed by atoms with van der Waals surface area (Å²) in [7, 11) is 1.34. The SMILES string of the molecule is COC(=O)COc1ccc(CC(C)NCC(NCc2ccccc2)c2cccc(Cl)c2)cc1.Cl.Cl. The number of esters is 1. The van der Waals surface area contributed by atoms with Gasteiger partial charge in [0.05, 0.1) is 7.11 Å². The largest absolute Gasteiger partial charge is 0.482 e. The van der Waals surface area contributed by atoms with Gasteiger partial charge in [0.25, 0.3) is 0 Å². The minimum Gasteiger partial charge on any atom is -0.482 e. The van der Waals surface area contributed by atoms with Crippen molar-refractivity contribution in [2.24, 2.45) is 0 Å². The molecule has 3 rings (SSSR count). The molecule has 2 atom stereocenters. The van der Waals surface area contributed by atoms with E-state index in [0.717, 1.165) is 30.1 Å². The fourth-order valence-electron chi connectivity index (χ4n) is 3.54. The molecule has 8 heteroatoms. The second kappa shape index (κ2) is 16.4. The Morgan fingerprint density at radius 1 is 0.914 bits per heavy atom. The fraction of sp³-hybridized carbons (Fsp3) is 0.296. The molecule has 0 bridgehead atoms.